The summed E-state index contributed by atoms with van der Waals surface area (Å²) in [6.45, 7) is 3.16. The molecule has 17 heavy (non-hydrogen) atoms. The number of aromatic nitrogens is 2. The molecule has 2 N–H and O–H groups in total. The van der Waals surface area contributed by atoms with E-state index >= 15 is 0 Å². The van der Waals surface area contributed by atoms with Crippen LogP contribution in [0.4, 0.5) is 0 Å². The highest BCUT2D eigenvalue weighted by Crippen LogP contribution is 2.21. The van der Waals surface area contributed by atoms with E-state index in [1.165, 1.54) is 19.3 Å². The number of hydrogen-bond donors (Lipinski definition) is 2. The van der Waals surface area contributed by atoms with E-state index in [1.807, 2.05) is 0 Å². The molecule has 1 aromatic rings. The van der Waals surface area contributed by atoms with Gasteiger partial charge in [-0.15, -0.1) is 0 Å². The van der Waals surface area contributed by atoms with Crippen LogP contribution in [0.25, 0.3) is 0 Å². The minimum absolute atomic E-state index is 0.426. The van der Waals surface area contributed by atoms with Gasteiger partial charge in [0.25, 0.3) is 0 Å². The quantitative estimate of drug-likeness (QED) is 0.814. The Morgan fingerprint density at radius 1 is 1.24 bits per heavy atom. The van der Waals surface area contributed by atoms with Crippen molar-refractivity contribution < 1.29 is 4.52 Å². The van der Waals surface area contributed by atoms with Crippen molar-refractivity contribution in [3.63, 3.8) is 0 Å². The summed E-state index contributed by atoms with van der Waals surface area (Å²) in [6, 6.07) is 0.538. The van der Waals surface area contributed by atoms with Gasteiger partial charge in [0.05, 0.1) is 5.92 Å². The molecule has 2 saturated heterocycles. The first-order chi connectivity index (χ1) is 8.42. The molecular weight excluding hydrogens is 216 g/mol. The van der Waals surface area contributed by atoms with Gasteiger partial charge in [-0.05, 0) is 32.4 Å². The molecule has 0 saturated carbocycles. The number of nitrogens with one attached hydrogen (secondary N) is 2. The van der Waals surface area contributed by atoms with Gasteiger partial charge in [-0.1, -0.05) is 11.6 Å². The summed E-state index contributed by atoms with van der Waals surface area (Å²) in [7, 11) is 0. The summed E-state index contributed by atoms with van der Waals surface area (Å²) >= 11 is 0. The number of piperidine rings is 1. The van der Waals surface area contributed by atoms with Crippen LogP contribution in [-0.4, -0.2) is 35.8 Å². The van der Waals surface area contributed by atoms with Gasteiger partial charge in [0.15, 0.2) is 5.82 Å². The lowest BCUT2D eigenvalue weighted by Gasteiger charge is -2.21. The summed E-state index contributed by atoms with van der Waals surface area (Å²) in [5, 5.41) is 10.9. The molecule has 2 unspecified atom stereocenters. The van der Waals surface area contributed by atoms with Crippen LogP contribution in [-0.2, 0) is 6.42 Å². The van der Waals surface area contributed by atoms with E-state index in [2.05, 4.69) is 20.8 Å². The van der Waals surface area contributed by atoms with Gasteiger partial charge in [0, 0.05) is 19.0 Å². The Balaban J connectivity index is 1.59. The molecule has 0 radical (unpaired) electrons. The van der Waals surface area contributed by atoms with Crippen LogP contribution < -0.4 is 10.6 Å². The second-order valence-corrected chi connectivity index (χ2v) is 5.09. The molecule has 5 nitrogen and oxygen atoms in total. The minimum atomic E-state index is 0.426. The van der Waals surface area contributed by atoms with Crippen molar-refractivity contribution >= 4 is 0 Å². The molecule has 0 spiro atoms. The molecule has 2 fully saturated rings. The second kappa shape index (κ2) is 5.14. The van der Waals surface area contributed by atoms with Crippen LogP contribution >= 0.6 is 0 Å². The van der Waals surface area contributed by atoms with Crippen LogP contribution in [0, 0.1) is 0 Å². The van der Waals surface area contributed by atoms with Gasteiger partial charge in [0.1, 0.15) is 0 Å². The third-order valence-corrected chi connectivity index (χ3v) is 3.73. The zero-order valence-corrected chi connectivity index (χ0v) is 10.1. The molecule has 94 valence electrons. The standard InChI is InChI=1S/C12H20N4O/c1-2-5-14-10(3-1)7-11-15-12(17-16-11)9-4-6-13-8-9/h9-10,13-14H,1-8H2. The lowest BCUT2D eigenvalue weighted by molar-refractivity contribution is 0.347. The summed E-state index contributed by atoms with van der Waals surface area (Å²) in [5.74, 6) is 2.11. The molecule has 0 aliphatic carbocycles. The summed E-state index contributed by atoms with van der Waals surface area (Å²) in [4.78, 5) is 4.53. The lowest BCUT2D eigenvalue weighted by atomic mass is 10.0. The maximum atomic E-state index is 5.36. The maximum Gasteiger partial charge on any atom is 0.231 e. The molecule has 0 amide bonds. The zero-order valence-electron chi connectivity index (χ0n) is 10.1. The Kier molecular flexibility index (Phi) is 3.38. The molecule has 3 heterocycles. The van der Waals surface area contributed by atoms with Crippen LogP contribution in [0.2, 0.25) is 0 Å². The van der Waals surface area contributed by atoms with Gasteiger partial charge in [-0.3, -0.25) is 0 Å². The highest BCUT2D eigenvalue weighted by Gasteiger charge is 2.23. The van der Waals surface area contributed by atoms with E-state index in [1.54, 1.807) is 0 Å². The highest BCUT2D eigenvalue weighted by molar-refractivity contribution is 4.99. The van der Waals surface area contributed by atoms with Crippen LogP contribution in [0.5, 0.6) is 0 Å². The fraction of sp³-hybridized carbons (Fsp3) is 0.833. The highest BCUT2D eigenvalue weighted by atomic mass is 16.5. The van der Waals surface area contributed by atoms with E-state index in [0.717, 1.165) is 44.2 Å². The molecular formula is C12H20N4O. The van der Waals surface area contributed by atoms with Crippen LogP contribution in [0.1, 0.15) is 43.3 Å². The lowest BCUT2D eigenvalue weighted by Crippen LogP contribution is -2.35. The van der Waals surface area contributed by atoms with Gasteiger partial charge in [-0.25, -0.2) is 0 Å². The van der Waals surface area contributed by atoms with E-state index in [4.69, 9.17) is 4.52 Å². The van der Waals surface area contributed by atoms with Crippen molar-refractivity contribution in [3.05, 3.63) is 11.7 Å². The Labute approximate surface area is 101 Å². The number of rotatable bonds is 3. The minimum Gasteiger partial charge on any atom is -0.339 e. The first kappa shape index (κ1) is 11.2. The summed E-state index contributed by atoms with van der Waals surface area (Å²) in [5.41, 5.74) is 0. The van der Waals surface area contributed by atoms with Crippen molar-refractivity contribution in [2.45, 2.75) is 44.1 Å². The first-order valence-electron chi connectivity index (χ1n) is 6.68. The predicted octanol–water partition coefficient (Wildman–Crippen LogP) is 0.831. The third-order valence-electron chi connectivity index (χ3n) is 3.73. The van der Waals surface area contributed by atoms with Crippen LogP contribution in [0.15, 0.2) is 4.52 Å². The molecule has 1 aromatic heterocycles. The number of nitrogens with zero attached hydrogens (tertiary/aromatic N) is 2. The van der Waals surface area contributed by atoms with Crippen molar-refractivity contribution in [2.24, 2.45) is 0 Å². The Morgan fingerprint density at radius 2 is 2.24 bits per heavy atom. The normalized spacial score (nSPS) is 29.6. The molecule has 0 bridgehead atoms. The smallest absolute Gasteiger partial charge is 0.231 e. The maximum absolute atomic E-state index is 5.36. The average Bonchev–Trinajstić information content (AvgIpc) is 3.00. The third kappa shape index (κ3) is 2.66. The van der Waals surface area contributed by atoms with E-state index in [9.17, 15) is 0 Å². The van der Waals surface area contributed by atoms with E-state index in [-0.39, 0.29) is 0 Å². The molecule has 2 aliphatic rings. The molecule has 5 heteroatoms. The zero-order chi connectivity index (χ0) is 11.5. The number of hydrogen-bond acceptors (Lipinski definition) is 5. The van der Waals surface area contributed by atoms with E-state index in [0.29, 0.717) is 12.0 Å². The van der Waals surface area contributed by atoms with Crippen molar-refractivity contribution in [2.75, 3.05) is 19.6 Å². The molecule has 2 atom stereocenters. The molecule has 2 aliphatic heterocycles. The van der Waals surface area contributed by atoms with Gasteiger partial charge in [0.2, 0.25) is 5.89 Å². The monoisotopic (exact) mass is 236 g/mol. The van der Waals surface area contributed by atoms with Crippen molar-refractivity contribution in [1.29, 1.82) is 0 Å². The van der Waals surface area contributed by atoms with E-state index < -0.39 is 0 Å². The second-order valence-electron chi connectivity index (χ2n) is 5.09. The summed E-state index contributed by atoms with van der Waals surface area (Å²) < 4.78 is 5.36. The van der Waals surface area contributed by atoms with Crippen molar-refractivity contribution in [1.82, 2.24) is 20.8 Å². The van der Waals surface area contributed by atoms with Gasteiger partial charge < -0.3 is 15.2 Å². The van der Waals surface area contributed by atoms with Gasteiger partial charge >= 0.3 is 0 Å². The fourth-order valence-electron chi connectivity index (χ4n) is 2.70. The SMILES string of the molecule is C1CCC(Cc2noc(C3CCNC3)n2)NC1. The van der Waals surface area contributed by atoms with Crippen LogP contribution in [0.3, 0.4) is 0 Å². The Bertz CT molecular complexity index is 353. The first-order valence-corrected chi connectivity index (χ1v) is 6.68. The fourth-order valence-corrected chi connectivity index (χ4v) is 2.70. The average molecular weight is 236 g/mol. The van der Waals surface area contributed by atoms with Crippen molar-refractivity contribution in [3.8, 4) is 0 Å². The Morgan fingerprint density at radius 3 is 3.00 bits per heavy atom. The van der Waals surface area contributed by atoms with Gasteiger partial charge in [-0.2, -0.15) is 4.98 Å². The topological polar surface area (TPSA) is 63.0 Å². The molecule has 3 rings (SSSR count). The summed E-state index contributed by atoms with van der Waals surface area (Å²) in [6.07, 6.45) is 5.86. The molecule has 0 aromatic carbocycles. The largest absolute Gasteiger partial charge is 0.339 e. The Hall–Kier alpha value is -0.940. The predicted molar refractivity (Wildman–Crippen MR) is 63.9 cm³/mol.